The second-order valence-electron chi connectivity index (χ2n) is 7.72. The normalized spacial score (nSPS) is 14.6. The first-order chi connectivity index (χ1) is 14.2. The number of anilines is 2. The van der Waals surface area contributed by atoms with Crippen LogP contribution in [0.3, 0.4) is 0 Å². The summed E-state index contributed by atoms with van der Waals surface area (Å²) in [4.78, 5) is 21.4. The van der Waals surface area contributed by atoms with Crippen LogP contribution in [0.1, 0.15) is 28.9 Å². The van der Waals surface area contributed by atoms with Gasteiger partial charge >= 0.3 is 0 Å². The lowest BCUT2D eigenvalue weighted by Crippen LogP contribution is -2.39. The van der Waals surface area contributed by atoms with Crippen LogP contribution < -0.4 is 4.90 Å². The van der Waals surface area contributed by atoms with Gasteiger partial charge in [0.25, 0.3) is 5.91 Å². The number of piperidine rings is 1. The number of likely N-dealkylation sites (tertiary alicyclic amines) is 1. The lowest BCUT2D eigenvalue weighted by Gasteiger charge is -2.32. The molecule has 4 nitrogen and oxygen atoms in total. The molecule has 0 unspecified atom stereocenters. The Kier molecular flexibility index (Phi) is 5.89. The summed E-state index contributed by atoms with van der Waals surface area (Å²) >= 11 is 0. The summed E-state index contributed by atoms with van der Waals surface area (Å²) < 4.78 is 0. The fourth-order valence-corrected chi connectivity index (χ4v) is 4.00. The smallest absolute Gasteiger partial charge is 0.272 e. The Morgan fingerprint density at radius 3 is 2.31 bits per heavy atom. The minimum Gasteiger partial charge on any atom is -0.345 e. The fraction of sp³-hybridized carbons (Fsp3) is 0.280. The first-order valence-electron chi connectivity index (χ1n) is 10.3. The molecule has 0 atom stereocenters. The number of rotatable bonds is 5. The number of hydrogen-bond donors (Lipinski definition) is 0. The number of benzene rings is 2. The highest BCUT2D eigenvalue weighted by Gasteiger charge is 2.24. The monoisotopic (exact) mass is 385 g/mol. The zero-order valence-corrected chi connectivity index (χ0v) is 16.9. The zero-order valence-electron chi connectivity index (χ0n) is 16.9. The maximum absolute atomic E-state index is 13.0. The van der Waals surface area contributed by atoms with Gasteiger partial charge in [0.15, 0.2) is 0 Å². The number of amides is 1. The molecule has 1 amide bonds. The van der Waals surface area contributed by atoms with Crippen molar-refractivity contribution in [3.05, 3.63) is 90.3 Å². The van der Waals surface area contributed by atoms with E-state index in [1.165, 1.54) is 5.56 Å². The summed E-state index contributed by atoms with van der Waals surface area (Å²) in [5.41, 5.74) is 3.95. The van der Waals surface area contributed by atoms with Crippen LogP contribution in [0.5, 0.6) is 0 Å². The van der Waals surface area contributed by atoms with Crippen molar-refractivity contribution in [2.24, 2.45) is 5.92 Å². The Morgan fingerprint density at radius 1 is 0.966 bits per heavy atom. The maximum atomic E-state index is 13.0. The average Bonchev–Trinajstić information content (AvgIpc) is 2.80. The molecular weight excluding hydrogens is 358 g/mol. The van der Waals surface area contributed by atoms with Crippen molar-refractivity contribution in [1.29, 1.82) is 0 Å². The third-order valence-electron chi connectivity index (χ3n) is 5.76. The van der Waals surface area contributed by atoms with Crippen molar-refractivity contribution < 1.29 is 4.79 Å². The van der Waals surface area contributed by atoms with Gasteiger partial charge in [0.1, 0.15) is 5.69 Å². The van der Waals surface area contributed by atoms with Crippen LogP contribution >= 0.6 is 0 Å². The molecule has 1 fully saturated rings. The fourth-order valence-electron chi connectivity index (χ4n) is 4.00. The average molecular weight is 386 g/mol. The van der Waals surface area contributed by atoms with Crippen molar-refractivity contribution in [3.8, 4) is 0 Å². The molecule has 3 aromatic rings. The number of para-hydroxylation sites is 1. The van der Waals surface area contributed by atoms with Gasteiger partial charge in [-0.25, -0.2) is 0 Å². The number of nitrogens with zero attached hydrogens (tertiary/aromatic N) is 3. The second-order valence-corrected chi connectivity index (χ2v) is 7.72. The molecule has 0 radical (unpaired) electrons. The van der Waals surface area contributed by atoms with Crippen molar-refractivity contribution >= 4 is 17.3 Å². The Labute approximate surface area is 172 Å². The SMILES string of the molecule is CN(c1ccccc1)c1ccnc(C(=O)N2CCC(Cc3ccccc3)CC2)c1. The highest BCUT2D eigenvalue weighted by atomic mass is 16.2. The molecule has 2 aromatic carbocycles. The van der Waals surface area contributed by atoms with Crippen molar-refractivity contribution in [2.75, 3.05) is 25.0 Å². The molecule has 0 saturated carbocycles. The number of aromatic nitrogens is 1. The third-order valence-corrected chi connectivity index (χ3v) is 5.76. The van der Waals surface area contributed by atoms with E-state index in [1.807, 2.05) is 42.3 Å². The quantitative estimate of drug-likeness (QED) is 0.624. The Hall–Kier alpha value is -3.14. The summed E-state index contributed by atoms with van der Waals surface area (Å²) in [5.74, 6) is 0.677. The maximum Gasteiger partial charge on any atom is 0.272 e. The minimum absolute atomic E-state index is 0.0338. The van der Waals surface area contributed by atoms with E-state index in [1.54, 1.807) is 6.20 Å². The van der Waals surface area contributed by atoms with Crippen molar-refractivity contribution in [2.45, 2.75) is 19.3 Å². The van der Waals surface area contributed by atoms with E-state index in [0.717, 1.165) is 43.7 Å². The molecule has 29 heavy (non-hydrogen) atoms. The Morgan fingerprint density at radius 2 is 1.62 bits per heavy atom. The van der Waals surface area contributed by atoms with E-state index in [2.05, 4.69) is 52.3 Å². The molecule has 0 aliphatic carbocycles. The zero-order chi connectivity index (χ0) is 20.1. The van der Waals surface area contributed by atoms with Gasteiger partial charge in [0, 0.05) is 37.7 Å². The van der Waals surface area contributed by atoms with Gasteiger partial charge < -0.3 is 9.80 Å². The molecule has 2 heterocycles. The molecule has 1 aliphatic heterocycles. The minimum atomic E-state index is 0.0338. The van der Waals surface area contributed by atoms with Crippen LogP contribution in [0.25, 0.3) is 0 Å². The van der Waals surface area contributed by atoms with E-state index in [4.69, 9.17) is 0 Å². The Bertz CT molecular complexity index is 935. The molecule has 4 rings (SSSR count). The number of pyridine rings is 1. The van der Waals surface area contributed by atoms with Gasteiger partial charge in [-0.15, -0.1) is 0 Å². The molecule has 0 N–H and O–H groups in total. The summed E-state index contributed by atoms with van der Waals surface area (Å²) in [5, 5.41) is 0. The van der Waals surface area contributed by atoms with Crippen LogP contribution in [0.2, 0.25) is 0 Å². The Balaban J connectivity index is 1.39. The first-order valence-corrected chi connectivity index (χ1v) is 10.3. The predicted molar refractivity (Wildman–Crippen MR) is 118 cm³/mol. The van der Waals surface area contributed by atoms with E-state index < -0.39 is 0 Å². The molecule has 0 bridgehead atoms. The lowest BCUT2D eigenvalue weighted by molar-refractivity contribution is 0.0684. The summed E-state index contributed by atoms with van der Waals surface area (Å²) in [6.07, 6.45) is 4.91. The predicted octanol–water partition coefficient (Wildman–Crippen LogP) is 4.94. The van der Waals surface area contributed by atoms with Gasteiger partial charge in [0.2, 0.25) is 0 Å². The van der Waals surface area contributed by atoms with Crippen LogP contribution in [-0.4, -0.2) is 35.9 Å². The standard InChI is InChI=1S/C25H27N3O/c1-27(22-10-6-3-7-11-22)23-12-15-26-24(19-23)25(29)28-16-13-21(14-17-28)18-20-8-4-2-5-9-20/h2-12,15,19,21H,13-14,16-18H2,1H3. The highest BCUT2D eigenvalue weighted by Crippen LogP contribution is 2.25. The first kappa shape index (κ1) is 19.2. The topological polar surface area (TPSA) is 36.4 Å². The number of hydrogen-bond acceptors (Lipinski definition) is 3. The van der Waals surface area contributed by atoms with E-state index >= 15 is 0 Å². The number of carbonyl (C=O) groups excluding carboxylic acids is 1. The summed E-state index contributed by atoms with van der Waals surface area (Å²) in [6.45, 7) is 1.60. The molecule has 1 aromatic heterocycles. The van der Waals surface area contributed by atoms with Gasteiger partial charge in [-0.2, -0.15) is 0 Å². The molecule has 1 saturated heterocycles. The van der Waals surface area contributed by atoms with E-state index in [9.17, 15) is 4.79 Å². The van der Waals surface area contributed by atoms with Crippen LogP contribution in [0.4, 0.5) is 11.4 Å². The van der Waals surface area contributed by atoms with Crippen LogP contribution in [0.15, 0.2) is 79.0 Å². The third kappa shape index (κ3) is 4.65. The van der Waals surface area contributed by atoms with E-state index in [0.29, 0.717) is 11.6 Å². The largest absolute Gasteiger partial charge is 0.345 e. The van der Waals surface area contributed by atoms with E-state index in [-0.39, 0.29) is 5.91 Å². The van der Waals surface area contributed by atoms with Gasteiger partial charge in [-0.05, 0) is 55.0 Å². The van der Waals surface area contributed by atoms with Crippen molar-refractivity contribution in [3.63, 3.8) is 0 Å². The van der Waals surface area contributed by atoms with Crippen LogP contribution in [-0.2, 0) is 6.42 Å². The van der Waals surface area contributed by atoms with Gasteiger partial charge in [0.05, 0.1) is 0 Å². The van der Waals surface area contributed by atoms with Crippen molar-refractivity contribution in [1.82, 2.24) is 9.88 Å². The molecular formula is C25H27N3O. The molecule has 0 spiro atoms. The summed E-state index contributed by atoms with van der Waals surface area (Å²) in [7, 11) is 2.01. The van der Waals surface area contributed by atoms with Gasteiger partial charge in [-0.1, -0.05) is 48.5 Å². The molecule has 148 valence electrons. The lowest BCUT2D eigenvalue weighted by atomic mass is 9.90. The molecule has 4 heteroatoms. The number of carbonyl (C=O) groups is 1. The van der Waals surface area contributed by atoms with Crippen LogP contribution in [0, 0.1) is 5.92 Å². The molecule has 1 aliphatic rings. The summed E-state index contributed by atoms with van der Waals surface area (Å²) in [6, 6.07) is 24.6. The second kappa shape index (κ2) is 8.91. The highest BCUT2D eigenvalue weighted by molar-refractivity contribution is 5.93. The van der Waals surface area contributed by atoms with Gasteiger partial charge in [-0.3, -0.25) is 9.78 Å².